The van der Waals surface area contributed by atoms with E-state index in [9.17, 15) is 14.5 Å². The molecule has 0 heterocycles. The van der Waals surface area contributed by atoms with E-state index in [0.717, 1.165) is 0 Å². The van der Waals surface area contributed by atoms with E-state index in [0.29, 0.717) is 4.47 Å². The minimum atomic E-state index is -0.743. The third kappa shape index (κ3) is 2.38. The van der Waals surface area contributed by atoms with Gasteiger partial charge < -0.3 is 0 Å². The molecular formula is C7H4BrClFNO2. The Kier molecular flexibility index (Phi) is 3.22. The second-order valence-electron chi connectivity index (χ2n) is 2.31. The zero-order valence-corrected chi connectivity index (χ0v) is 8.60. The van der Waals surface area contributed by atoms with E-state index in [2.05, 4.69) is 15.9 Å². The number of hydrogen-bond donors (Lipinski definition) is 0. The van der Waals surface area contributed by atoms with Gasteiger partial charge in [0.15, 0.2) is 5.82 Å². The van der Waals surface area contributed by atoms with Gasteiger partial charge in [-0.3, -0.25) is 10.1 Å². The van der Waals surface area contributed by atoms with Crippen LogP contribution in [0.5, 0.6) is 0 Å². The molecule has 0 saturated carbocycles. The predicted molar refractivity (Wildman–Crippen MR) is 49.8 cm³/mol. The molecule has 1 aromatic carbocycles. The van der Waals surface area contributed by atoms with Crippen molar-refractivity contribution in [3.8, 4) is 0 Å². The normalized spacial score (nSPS) is 10.1. The van der Waals surface area contributed by atoms with Crippen LogP contribution in [0.15, 0.2) is 16.6 Å². The Morgan fingerprint density at radius 1 is 1.62 bits per heavy atom. The van der Waals surface area contributed by atoms with Gasteiger partial charge in [-0.1, -0.05) is 27.5 Å². The molecule has 0 amide bonds. The molecule has 0 fully saturated rings. The highest BCUT2D eigenvalue weighted by molar-refractivity contribution is 9.10. The average Bonchev–Trinajstić information content (AvgIpc) is 2.05. The Morgan fingerprint density at radius 3 is 2.77 bits per heavy atom. The van der Waals surface area contributed by atoms with Gasteiger partial charge in [0, 0.05) is 9.40 Å². The van der Waals surface area contributed by atoms with E-state index >= 15 is 0 Å². The highest BCUT2D eigenvalue weighted by Crippen LogP contribution is 2.26. The topological polar surface area (TPSA) is 43.1 Å². The maximum absolute atomic E-state index is 13.2. The van der Waals surface area contributed by atoms with Crippen LogP contribution in [-0.2, 0) is 6.54 Å². The molecule has 0 aliphatic heterocycles. The molecule has 3 nitrogen and oxygen atoms in total. The van der Waals surface area contributed by atoms with Crippen LogP contribution >= 0.6 is 27.5 Å². The lowest BCUT2D eigenvalue weighted by Crippen LogP contribution is -2.02. The fraction of sp³-hybridized carbons (Fsp3) is 0.143. The summed E-state index contributed by atoms with van der Waals surface area (Å²) in [4.78, 5) is 9.55. The summed E-state index contributed by atoms with van der Waals surface area (Å²) < 4.78 is 13.5. The van der Waals surface area contributed by atoms with Gasteiger partial charge in [0.05, 0.1) is 10.6 Å². The second-order valence-corrected chi connectivity index (χ2v) is 3.57. The van der Waals surface area contributed by atoms with Gasteiger partial charge in [0.25, 0.3) is 0 Å². The van der Waals surface area contributed by atoms with Crippen molar-refractivity contribution in [1.29, 1.82) is 0 Å². The molecule has 0 aliphatic carbocycles. The van der Waals surface area contributed by atoms with Crippen molar-refractivity contribution in [2.24, 2.45) is 0 Å². The van der Waals surface area contributed by atoms with Crippen LogP contribution in [0.3, 0.4) is 0 Å². The summed E-state index contributed by atoms with van der Waals surface area (Å²) in [6, 6.07) is 2.81. The molecule has 0 unspecified atom stereocenters. The number of hydrogen-bond acceptors (Lipinski definition) is 2. The Morgan fingerprint density at radius 2 is 2.23 bits per heavy atom. The first-order valence-corrected chi connectivity index (χ1v) is 4.43. The first-order valence-electron chi connectivity index (χ1n) is 3.26. The highest BCUT2D eigenvalue weighted by Gasteiger charge is 2.15. The highest BCUT2D eigenvalue weighted by atomic mass is 79.9. The van der Waals surface area contributed by atoms with E-state index in [-0.39, 0.29) is 10.6 Å². The summed E-state index contributed by atoms with van der Waals surface area (Å²) in [5, 5.41) is 10.0. The Bertz CT molecular complexity index is 359. The van der Waals surface area contributed by atoms with Gasteiger partial charge in [-0.05, 0) is 12.1 Å². The van der Waals surface area contributed by atoms with Crippen molar-refractivity contribution in [3.05, 3.63) is 43.1 Å². The maximum Gasteiger partial charge on any atom is 0.232 e. The Balaban J connectivity index is 3.17. The minimum Gasteiger partial charge on any atom is -0.264 e. The van der Waals surface area contributed by atoms with Crippen LogP contribution in [0, 0.1) is 15.9 Å². The van der Waals surface area contributed by atoms with Gasteiger partial charge in [-0.2, -0.15) is 0 Å². The van der Waals surface area contributed by atoms with Crippen molar-refractivity contribution in [1.82, 2.24) is 0 Å². The fourth-order valence-corrected chi connectivity index (χ4v) is 1.45. The Labute approximate surface area is 86.8 Å². The maximum atomic E-state index is 13.2. The lowest BCUT2D eigenvalue weighted by Gasteiger charge is -2.02. The summed E-state index contributed by atoms with van der Waals surface area (Å²) in [7, 11) is 0. The monoisotopic (exact) mass is 267 g/mol. The number of benzene rings is 1. The molecule has 0 radical (unpaired) electrons. The SMILES string of the molecule is O=[N+]([O-])Cc1c(Br)ccc(Cl)c1F. The lowest BCUT2D eigenvalue weighted by molar-refractivity contribution is -0.497. The molecule has 13 heavy (non-hydrogen) atoms. The predicted octanol–water partition coefficient (Wildman–Crippen LogP) is 3.02. The molecule has 0 bridgehead atoms. The number of nitrogens with zero attached hydrogens (tertiary/aromatic N) is 1. The summed E-state index contributed by atoms with van der Waals surface area (Å²) in [6.07, 6.45) is 0. The Hall–Kier alpha value is -0.680. The van der Waals surface area contributed by atoms with Crippen LogP contribution in [0.1, 0.15) is 5.56 Å². The first kappa shape index (κ1) is 10.4. The summed E-state index contributed by atoms with van der Waals surface area (Å²) in [5.74, 6) is -0.743. The lowest BCUT2D eigenvalue weighted by atomic mass is 10.2. The molecule has 0 aliphatic rings. The molecule has 0 aromatic heterocycles. The number of rotatable bonds is 2. The quantitative estimate of drug-likeness (QED) is 0.470. The molecule has 70 valence electrons. The largest absolute Gasteiger partial charge is 0.264 e. The summed E-state index contributed by atoms with van der Waals surface area (Å²) in [5.41, 5.74) is -0.0301. The van der Waals surface area contributed by atoms with E-state index in [1.165, 1.54) is 12.1 Å². The van der Waals surface area contributed by atoms with Crippen molar-refractivity contribution in [3.63, 3.8) is 0 Å². The van der Waals surface area contributed by atoms with Crippen LogP contribution in [0.2, 0.25) is 5.02 Å². The summed E-state index contributed by atoms with van der Waals surface area (Å²) in [6.45, 7) is -0.576. The number of halogens is 3. The van der Waals surface area contributed by atoms with Gasteiger partial charge >= 0.3 is 0 Å². The minimum absolute atomic E-state index is 0.0301. The molecule has 0 atom stereocenters. The van der Waals surface area contributed by atoms with Crippen molar-refractivity contribution >= 4 is 27.5 Å². The molecular weight excluding hydrogens is 264 g/mol. The van der Waals surface area contributed by atoms with Crippen molar-refractivity contribution in [2.45, 2.75) is 6.54 Å². The van der Waals surface area contributed by atoms with E-state index < -0.39 is 17.3 Å². The summed E-state index contributed by atoms with van der Waals surface area (Å²) >= 11 is 8.46. The van der Waals surface area contributed by atoms with Crippen LogP contribution < -0.4 is 0 Å². The van der Waals surface area contributed by atoms with E-state index in [4.69, 9.17) is 11.6 Å². The molecule has 0 saturated heterocycles. The standard InChI is InChI=1S/C7H4BrClFNO2/c8-5-1-2-6(9)7(10)4(5)3-11(12)13/h1-2H,3H2. The zero-order chi connectivity index (χ0) is 10.0. The average molecular weight is 268 g/mol. The molecule has 6 heteroatoms. The second kappa shape index (κ2) is 4.02. The van der Waals surface area contributed by atoms with Gasteiger partial charge in [0.1, 0.15) is 0 Å². The molecule has 1 aromatic rings. The first-order chi connectivity index (χ1) is 6.02. The molecule has 0 N–H and O–H groups in total. The zero-order valence-electron chi connectivity index (χ0n) is 6.26. The van der Waals surface area contributed by atoms with Gasteiger partial charge in [0.2, 0.25) is 6.54 Å². The smallest absolute Gasteiger partial charge is 0.232 e. The van der Waals surface area contributed by atoms with Crippen LogP contribution in [-0.4, -0.2) is 4.92 Å². The fourth-order valence-electron chi connectivity index (χ4n) is 0.843. The van der Waals surface area contributed by atoms with Crippen molar-refractivity contribution < 1.29 is 9.31 Å². The van der Waals surface area contributed by atoms with Gasteiger partial charge in [-0.25, -0.2) is 4.39 Å². The van der Waals surface area contributed by atoms with Crippen molar-refractivity contribution in [2.75, 3.05) is 0 Å². The third-order valence-corrected chi connectivity index (χ3v) is 2.46. The molecule has 0 spiro atoms. The van der Waals surface area contributed by atoms with Crippen LogP contribution in [0.25, 0.3) is 0 Å². The number of nitro groups is 1. The van der Waals surface area contributed by atoms with E-state index in [1.807, 2.05) is 0 Å². The van der Waals surface area contributed by atoms with Gasteiger partial charge in [-0.15, -0.1) is 0 Å². The van der Waals surface area contributed by atoms with Crippen LogP contribution in [0.4, 0.5) is 4.39 Å². The third-order valence-electron chi connectivity index (χ3n) is 1.43. The van der Waals surface area contributed by atoms with E-state index in [1.54, 1.807) is 0 Å². The molecule has 1 rings (SSSR count).